The molecule has 1 aliphatic heterocycles. The van der Waals surface area contributed by atoms with Crippen molar-refractivity contribution in [2.75, 3.05) is 38.5 Å². The molecule has 4 amide bonds. The van der Waals surface area contributed by atoms with E-state index < -0.39 is 35.5 Å². The minimum absolute atomic E-state index is 0.0205. The Morgan fingerprint density at radius 3 is 2.21 bits per heavy atom. The van der Waals surface area contributed by atoms with Crippen molar-refractivity contribution in [3.05, 3.63) is 29.6 Å². The predicted molar refractivity (Wildman–Crippen MR) is 159 cm³/mol. The van der Waals surface area contributed by atoms with Crippen LogP contribution in [0, 0.1) is 11.7 Å². The van der Waals surface area contributed by atoms with Crippen LogP contribution in [0.4, 0.5) is 14.9 Å². The minimum atomic E-state index is -0.869. The first-order chi connectivity index (χ1) is 19.9. The number of hydrogen-bond donors (Lipinski definition) is 3. The summed E-state index contributed by atoms with van der Waals surface area (Å²) in [5.74, 6) is -1.70. The van der Waals surface area contributed by atoms with Crippen LogP contribution in [0.3, 0.4) is 0 Å². The Kier molecular flexibility index (Phi) is 12.1. The largest absolute Gasteiger partial charge is 0.444 e. The van der Waals surface area contributed by atoms with Crippen LogP contribution in [0.15, 0.2) is 18.2 Å². The molecule has 42 heavy (non-hydrogen) atoms. The van der Waals surface area contributed by atoms with Gasteiger partial charge in [0.05, 0.1) is 5.69 Å². The summed E-state index contributed by atoms with van der Waals surface area (Å²) in [4.78, 5) is 55.4. The van der Waals surface area contributed by atoms with Crippen molar-refractivity contribution in [1.29, 1.82) is 0 Å². The van der Waals surface area contributed by atoms with Gasteiger partial charge in [-0.25, -0.2) is 9.18 Å². The smallest absolute Gasteiger partial charge is 0.408 e. The molecule has 0 unspecified atom stereocenters. The number of hydrogen-bond acceptors (Lipinski definition) is 6. The van der Waals surface area contributed by atoms with Gasteiger partial charge in [-0.15, -0.1) is 0 Å². The van der Waals surface area contributed by atoms with E-state index in [4.69, 9.17) is 4.74 Å². The lowest BCUT2D eigenvalue weighted by Crippen LogP contribution is -2.54. The normalized spacial score (nSPS) is 18.4. The average molecular weight is 590 g/mol. The molecule has 1 aromatic carbocycles. The Balaban J connectivity index is 1.74. The number of likely N-dealkylation sites (N-methyl/N-ethyl adjacent to an activating group) is 1. The number of anilines is 1. The summed E-state index contributed by atoms with van der Waals surface area (Å²) >= 11 is 0. The number of amides is 4. The van der Waals surface area contributed by atoms with Crippen molar-refractivity contribution in [3.8, 4) is 0 Å². The number of carbonyl (C=O) groups is 4. The van der Waals surface area contributed by atoms with Crippen molar-refractivity contribution < 1.29 is 28.3 Å². The van der Waals surface area contributed by atoms with E-state index in [1.807, 2.05) is 7.05 Å². The number of nitrogens with zero attached hydrogens (tertiary/aromatic N) is 2. The summed E-state index contributed by atoms with van der Waals surface area (Å²) in [7, 11) is 1.99. The van der Waals surface area contributed by atoms with Crippen molar-refractivity contribution in [2.45, 2.75) is 96.7 Å². The first kappa shape index (κ1) is 33.3. The van der Waals surface area contributed by atoms with Gasteiger partial charge >= 0.3 is 6.09 Å². The molecule has 3 rings (SSSR count). The Bertz CT molecular complexity index is 1090. The van der Waals surface area contributed by atoms with E-state index in [0.717, 1.165) is 51.6 Å². The lowest BCUT2D eigenvalue weighted by Gasteiger charge is -2.34. The van der Waals surface area contributed by atoms with E-state index in [1.165, 1.54) is 12.1 Å². The molecule has 2 atom stereocenters. The highest BCUT2D eigenvalue weighted by Gasteiger charge is 2.33. The van der Waals surface area contributed by atoms with Gasteiger partial charge in [-0.3, -0.25) is 14.4 Å². The van der Waals surface area contributed by atoms with Crippen LogP contribution in [0.1, 0.15) is 78.2 Å². The summed E-state index contributed by atoms with van der Waals surface area (Å²) in [6, 6.07) is 2.69. The van der Waals surface area contributed by atoms with Gasteiger partial charge in [-0.05, 0) is 64.3 Å². The fourth-order valence-corrected chi connectivity index (χ4v) is 5.45. The molecule has 2 fully saturated rings. The van der Waals surface area contributed by atoms with E-state index in [2.05, 4.69) is 20.9 Å². The van der Waals surface area contributed by atoms with Crippen molar-refractivity contribution in [3.63, 3.8) is 0 Å². The number of piperazine rings is 1. The molecule has 0 bridgehead atoms. The third-order valence-electron chi connectivity index (χ3n) is 7.83. The number of halogens is 1. The molecule has 1 saturated heterocycles. The second-order valence-electron chi connectivity index (χ2n) is 12.5. The second kappa shape index (κ2) is 15.3. The zero-order valence-electron chi connectivity index (χ0n) is 25.8. The molecule has 11 heteroatoms. The van der Waals surface area contributed by atoms with Gasteiger partial charge in [-0.1, -0.05) is 38.7 Å². The molecule has 1 aliphatic carbocycles. The summed E-state index contributed by atoms with van der Waals surface area (Å²) in [5.41, 5.74) is -0.231. The van der Waals surface area contributed by atoms with Crippen LogP contribution in [0.25, 0.3) is 0 Å². The maximum absolute atomic E-state index is 15.3. The maximum Gasteiger partial charge on any atom is 0.408 e. The Morgan fingerprint density at radius 1 is 1.00 bits per heavy atom. The zero-order chi connectivity index (χ0) is 30.9. The van der Waals surface area contributed by atoms with Crippen LogP contribution >= 0.6 is 0 Å². The number of alkyl carbamates (subject to hydrolysis) is 1. The topological polar surface area (TPSA) is 120 Å². The van der Waals surface area contributed by atoms with Crippen LogP contribution in [0.2, 0.25) is 0 Å². The van der Waals surface area contributed by atoms with Gasteiger partial charge in [0.1, 0.15) is 23.5 Å². The lowest BCUT2D eigenvalue weighted by molar-refractivity contribution is -0.137. The fraction of sp³-hybridized carbons (Fsp3) is 0.677. The number of carbonyl (C=O) groups excluding carboxylic acids is 4. The first-order valence-electron chi connectivity index (χ1n) is 15.2. The van der Waals surface area contributed by atoms with Crippen LogP contribution in [0.5, 0.6) is 0 Å². The summed E-state index contributed by atoms with van der Waals surface area (Å²) < 4.78 is 20.7. The Labute approximate surface area is 249 Å². The Morgan fingerprint density at radius 2 is 1.64 bits per heavy atom. The molecule has 1 heterocycles. The van der Waals surface area contributed by atoms with Gasteiger partial charge < -0.3 is 30.5 Å². The van der Waals surface area contributed by atoms with Crippen LogP contribution in [-0.2, 0) is 25.5 Å². The van der Waals surface area contributed by atoms with E-state index in [9.17, 15) is 19.2 Å². The van der Waals surface area contributed by atoms with Crippen molar-refractivity contribution >= 4 is 29.5 Å². The molecular formula is C31H48FN5O5. The summed E-state index contributed by atoms with van der Waals surface area (Å²) in [5, 5.41) is 8.19. The van der Waals surface area contributed by atoms with Crippen molar-refractivity contribution in [2.24, 2.45) is 5.92 Å². The van der Waals surface area contributed by atoms with Gasteiger partial charge in [0.2, 0.25) is 17.7 Å². The third kappa shape index (κ3) is 10.3. The molecule has 0 radical (unpaired) electrons. The molecule has 3 N–H and O–H groups in total. The number of nitrogens with one attached hydrogen (secondary N) is 3. The quantitative estimate of drug-likeness (QED) is 0.377. The molecule has 2 aliphatic rings. The third-order valence-corrected chi connectivity index (χ3v) is 7.83. The SMILES string of the molecule is CCC(=O)N[C@H](Cc1ccc(NC(=O)[C@@H](NC(=O)OC(C)(C)C)C2CCCCCC2)c(F)c1)C(=O)N1CCN(C)CC1. The molecule has 10 nitrogen and oxygen atoms in total. The molecule has 1 aromatic rings. The standard InChI is InChI=1S/C31H48FN5O5/c1-6-26(38)33-25(29(40)37-17-15-36(5)16-18-37)20-21-13-14-24(23(32)19-21)34-28(39)27(22-11-9-7-8-10-12-22)35-30(41)42-31(2,3)4/h13-14,19,22,25,27H,6-12,15-18,20H2,1-5H3,(H,33,38)(H,34,39)(H,35,41)/t25-,27+/m1/s1. The molecule has 234 valence electrons. The van der Waals surface area contributed by atoms with Gasteiger partial charge in [-0.2, -0.15) is 0 Å². The van der Waals surface area contributed by atoms with E-state index in [-0.39, 0.29) is 36.3 Å². The van der Waals surface area contributed by atoms with E-state index in [1.54, 1.807) is 38.7 Å². The highest BCUT2D eigenvalue weighted by molar-refractivity contribution is 5.97. The van der Waals surface area contributed by atoms with E-state index >= 15 is 4.39 Å². The molecule has 0 aromatic heterocycles. The summed E-state index contributed by atoms with van der Waals surface area (Å²) in [6.45, 7) is 9.58. The highest BCUT2D eigenvalue weighted by Crippen LogP contribution is 2.27. The highest BCUT2D eigenvalue weighted by atomic mass is 19.1. The number of ether oxygens (including phenoxy) is 1. The monoisotopic (exact) mass is 589 g/mol. The minimum Gasteiger partial charge on any atom is -0.444 e. The molecule has 1 saturated carbocycles. The van der Waals surface area contributed by atoms with Gasteiger partial charge in [0.15, 0.2) is 0 Å². The first-order valence-corrected chi connectivity index (χ1v) is 15.2. The van der Waals surface area contributed by atoms with Gasteiger partial charge in [0.25, 0.3) is 0 Å². The molecule has 0 spiro atoms. The summed E-state index contributed by atoms with van der Waals surface area (Å²) in [6.07, 6.45) is 5.27. The average Bonchev–Trinajstić information content (AvgIpc) is 3.21. The van der Waals surface area contributed by atoms with Crippen LogP contribution in [-0.4, -0.2) is 84.5 Å². The maximum atomic E-state index is 15.3. The zero-order valence-corrected chi connectivity index (χ0v) is 25.8. The van der Waals surface area contributed by atoms with Crippen molar-refractivity contribution in [1.82, 2.24) is 20.4 Å². The predicted octanol–water partition coefficient (Wildman–Crippen LogP) is 3.84. The fourth-order valence-electron chi connectivity index (χ4n) is 5.45. The second-order valence-corrected chi connectivity index (χ2v) is 12.5. The lowest BCUT2D eigenvalue weighted by atomic mass is 9.91. The number of benzene rings is 1. The van der Waals surface area contributed by atoms with Crippen LogP contribution < -0.4 is 16.0 Å². The molecular weight excluding hydrogens is 541 g/mol. The van der Waals surface area contributed by atoms with Gasteiger partial charge in [0, 0.05) is 39.0 Å². The Hall–Kier alpha value is -3.21. The van der Waals surface area contributed by atoms with E-state index in [0.29, 0.717) is 18.7 Å². The number of rotatable bonds is 9.